The molecule has 82 valence electrons. The Morgan fingerprint density at radius 3 is 2.56 bits per heavy atom. The minimum absolute atomic E-state index is 0.515. The molecule has 1 aromatic heterocycles. The molecule has 1 heterocycles. The van der Waals surface area contributed by atoms with Crippen LogP contribution in [0.25, 0.3) is 11.3 Å². The Kier molecular flexibility index (Phi) is 3.52. The summed E-state index contributed by atoms with van der Waals surface area (Å²) in [5.41, 5.74) is 3.02. The van der Waals surface area contributed by atoms with Crippen molar-refractivity contribution in [1.82, 2.24) is 10.2 Å². The van der Waals surface area contributed by atoms with E-state index in [4.69, 9.17) is 11.6 Å². The zero-order valence-corrected chi connectivity index (χ0v) is 9.91. The Balaban J connectivity index is 2.40. The first kappa shape index (κ1) is 11.1. The Hall–Kier alpha value is -1.41. The monoisotopic (exact) mass is 232 g/mol. The second-order valence-electron chi connectivity index (χ2n) is 3.66. The summed E-state index contributed by atoms with van der Waals surface area (Å²) in [6.07, 6.45) is 1.99. The Labute approximate surface area is 100 Å². The molecule has 16 heavy (non-hydrogen) atoms. The molecule has 0 atom stereocenters. The van der Waals surface area contributed by atoms with E-state index >= 15 is 0 Å². The number of rotatable bonds is 3. The lowest BCUT2D eigenvalue weighted by Gasteiger charge is -2.04. The van der Waals surface area contributed by atoms with Crippen molar-refractivity contribution >= 4 is 11.6 Å². The molecule has 1 aromatic carbocycles. The Morgan fingerprint density at radius 1 is 1.12 bits per heavy atom. The van der Waals surface area contributed by atoms with Crippen LogP contribution in [0.15, 0.2) is 36.4 Å². The molecule has 0 saturated carbocycles. The van der Waals surface area contributed by atoms with Crippen molar-refractivity contribution in [2.75, 3.05) is 0 Å². The first-order chi connectivity index (χ1) is 7.81. The fraction of sp³-hybridized carbons (Fsp3) is 0.231. The van der Waals surface area contributed by atoms with Gasteiger partial charge in [0, 0.05) is 5.56 Å². The van der Waals surface area contributed by atoms with E-state index in [2.05, 4.69) is 17.1 Å². The van der Waals surface area contributed by atoms with Crippen LogP contribution in [0.4, 0.5) is 0 Å². The summed E-state index contributed by atoms with van der Waals surface area (Å²) in [6.45, 7) is 2.12. The molecular weight excluding hydrogens is 220 g/mol. The minimum atomic E-state index is 0.515. The van der Waals surface area contributed by atoms with Gasteiger partial charge in [-0.05, 0) is 18.1 Å². The molecule has 0 bridgehead atoms. The third-order valence-corrected chi connectivity index (χ3v) is 2.73. The van der Waals surface area contributed by atoms with Crippen LogP contribution in [-0.4, -0.2) is 10.2 Å². The zero-order valence-electron chi connectivity index (χ0n) is 9.15. The first-order valence-corrected chi connectivity index (χ1v) is 5.76. The number of hydrogen-bond donors (Lipinski definition) is 0. The standard InChI is InChI=1S/C13H13ClN2/c1-2-6-11-9-12(15-16-13(11)14)10-7-4-3-5-8-10/h3-5,7-9H,2,6H2,1H3. The predicted octanol–water partition coefficient (Wildman–Crippen LogP) is 3.75. The van der Waals surface area contributed by atoms with Crippen molar-refractivity contribution < 1.29 is 0 Å². The fourth-order valence-electron chi connectivity index (χ4n) is 1.61. The highest BCUT2D eigenvalue weighted by atomic mass is 35.5. The van der Waals surface area contributed by atoms with Gasteiger partial charge >= 0.3 is 0 Å². The average molecular weight is 233 g/mol. The topological polar surface area (TPSA) is 25.8 Å². The second-order valence-corrected chi connectivity index (χ2v) is 4.02. The lowest BCUT2D eigenvalue weighted by atomic mass is 10.1. The van der Waals surface area contributed by atoms with Crippen molar-refractivity contribution in [3.8, 4) is 11.3 Å². The molecular formula is C13H13ClN2. The number of nitrogens with zero attached hydrogens (tertiary/aromatic N) is 2. The normalized spacial score (nSPS) is 10.4. The zero-order chi connectivity index (χ0) is 11.4. The molecule has 0 aliphatic rings. The van der Waals surface area contributed by atoms with Crippen molar-refractivity contribution in [3.63, 3.8) is 0 Å². The third kappa shape index (κ3) is 2.39. The van der Waals surface area contributed by atoms with Crippen LogP contribution in [0.3, 0.4) is 0 Å². The Morgan fingerprint density at radius 2 is 1.88 bits per heavy atom. The molecule has 0 amide bonds. The summed E-state index contributed by atoms with van der Waals surface area (Å²) in [4.78, 5) is 0. The summed E-state index contributed by atoms with van der Waals surface area (Å²) in [7, 11) is 0. The van der Waals surface area contributed by atoms with Crippen LogP contribution in [0.1, 0.15) is 18.9 Å². The van der Waals surface area contributed by atoms with Crippen LogP contribution in [0.5, 0.6) is 0 Å². The van der Waals surface area contributed by atoms with Crippen LogP contribution < -0.4 is 0 Å². The third-order valence-electron chi connectivity index (χ3n) is 2.41. The van der Waals surface area contributed by atoms with Gasteiger partial charge < -0.3 is 0 Å². The lowest BCUT2D eigenvalue weighted by Crippen LogP contribution is -1.94. The van der Waals surface area contributed by atoms with E-state index in [1.165, 1.54) is 0 Å². The summed E-state index contributed by atoms with van der Waals surface area (Å²) in [6, 6.07) is 12.0. The van der Waals surface area contributed by atoms with Gasteiger partial charge in [-0.15, -0.1) is 10.2 Å². The Bertz CT molecular complexity index is 469. The highest BCUT2D eigenvalue weighted by Gasteiger charge is 2.05. The second kappa shape index (κ2) is 5.08. The van der Waals surface area contributed by atoms with Crippen LogP contribution in [0.2, 0.25) is 5.15 Å². The van der Waals surface area contributed by atoms with E-state index in [9.17, 15) is 0 Å². The summed E-state index contributed by atoms with van der Waals surface area (Å²) in [5.74, 6) is 0. The van der Waals surface area contributed by atoms with Gasteiger partial charge in [0.1, 0.15) is 0 Å². The molecule has 0 fully saturated rings. The van der Waals surface area contributed by atoms with Gasteiger partial charge in [0.15, 0.2) is 5.15 Å². The van der Waals surface area contributed by atoms with Crippen LogP contribution in [0, 0.1) is 0 Å². The van der Waals surface area contributed by atoms with E-state index in [1.807, 2.05) is 36.4 Å². The van der Waals surface area contributed by atoms with E-state index < -0.39 is 0 Å². The van der Waals surface area contributed by atoms with Crippen molar-refractivity contribution in [2.24, 2.45) is 0 Å². The van der Waals surface area contributed by atoms with E-state index in [1.54, 1.807) is 0 Å². The van der Waals surface area contributed by atoms with Gasteiger partial charge in [0.2, 0.25) is 0 Å². The highest BCUT2D eigenvalue weighted by Crippen LogP contribution is 2.21. The number of aromatic nitrogens is 2. The number of aryl methyl sites for hydroxylation is 1. The maximum absolute atomic E-state index is 5.99. The van der Waals surface area contributed by atoms with E-state index in [0.717, 1.165) is 29.7 Å². The molecule has 0 saturated heterocycles. The molecule has 2 rings (SSSR count). The molecule has 0 radical (unpaired) electrons. The fourth-order valence-corrected chi connectivity index (χ4v) is 1.80. The molecule has 2 nitrogen and oxygen atoms in total. The number of benzene rings is 1. The van der Waals surface area contributed by atoms with Crippen molar-refractivity contribution in [2.45, 2.75) is 19.8 Å². The number of halogens is 1. The van der Waals surface area contributed by atoms with Gasteiger partial charge in [0.25, 0.3) is 0 Å². The smallest absolute Gasteiger partial charge is 0.149 e. The lowest BCUT2D eigenvalue weighted by molar-refractivity contribution is 0.895. The van der Waals surface area contributed by atoms with Gasteiger partial charge in [-0.1, -0.05) is 55.3 Å². The van der Waals surface area contributed by atoms with Crippen molar-refractivity contribution in [1.29, 1.82) is 0 Å². The SMILES string of the molecule is CCCc1cc(-c2ccccc2)nnc1Cl. The van der Waals surface area contributed by atoms with Gasteiger partial charge in [-0.2, -0.15) is 0 Å². The minimum Gasteiger partial charge on any atom is -0.149 e. The van der Waals surface area contributed by atoms with Gasteiger partial charge in [0.05, 0.1) is 5.69 Å². The van der Waals surface area contributed by atoms with E-state index in [-0.39, 0.29) is 0 Å². The van der Waals surface area contributed by atoms with Crippen molar-refractivity contribution in [3.05, 3.63) is 47.1 Å². The molecule has 0 unspecified atom stereocenters. The number of hydrogen-bond acceptors (Lipinski definition) is 2. The van der Waals surface area contributed by atoms with Crippen LogP contribution in [-0.2, 0) is 6.42 Å². The summed E-state index contributed by atoms with van der Waals surface area (Å²) >= 11 is 5.99. The summed E-state index contributed by atoms with van der Waals surface area (Å²) in [5, 5.41) is 8.61. The molecule has 0 N–H and O–H groups in total. The van der Waals surface area contributed by atoms with Crippen LogP contribution >= 0.6 is 11.6 Å². The van der Waals surface area contributed by atoms with E-state index in [0.29, 0.717) is 5.15 Å². The molecule has 0 spiro atoms. The largest absolute Gasteiger partial charge is 0.154 e. The molecule has 2 aromatic rings. The maximum Gasteiger partial charge on any atom is 0.154 e. The quantitative estimate of drug-likeness (QED) is 0.806. The molecule has 3 heteroatoms. The summed E-state index contributed by atoms with van der Waals surface area (Å²) < 4.78 is 0. The molecule has 0 aliphatic heterocycles. The van der Waals surface area contributed by atoms with Gasteiger partial charge in [-0.3, -0.25) is 0 Å². The average Bonchev–Trinajstić information content (AvgIpc) is 2.33. The first-order valence-electron chi connectivity index (χ1n) is 5.38. The maximum atomic E-state index is 5.99. The predicted molar refractivity (Wildman–Crippen MR) is 66.5 cm³/mol. The highest BCUT2D eigenvalue weighted by molar-refractivity contribution is 6.30. The van der Waals surface area contributed by atoms with Gasteiger partial charge in [-0.25, -0.2) is 0 Å². The molecule has 0 aliphatic carbocycles.